The van der Waals surface area contributed by atoms with Crippen LogP contribution in [0.2, 0.25) is 10.0 Å². The molecule has 1 amide bonds. The van der Waals surface area contributed by atoms with Crippen LogP contribution >= 0.6 is 23.2 Å². The molecule has 1 unspecified atom stereocenters. The SMILES string of the molecule is CC(Oc1ccc(Cl)cc1Cl)C(=O)NN=C1CCC(c2ccccc2)CC1. The summed E-state index contributed by atoms with van der Waals surface area (Å²) in [5, 5.41) is 5.18. The second-order valence-corrected chi connectivity index (χ2v) is 7.52. The molecule has 1 aliphatic carbocycles. The molecule has 3 rings (SSSR count). The van der Waals surface area contributed by atoms with E-state index in [1.54, 1.807) is 25.1 Å². The lowest BCUT2D eigenvalue weighted by molar-refractivity contribution is -0.127. The smallest absolute Gasteiger partial charge is 0.280 e. The molecule has 0 heterocycles. The number of hydrogen-bond acceptors (Lipinski definition) is 3. The van der Waals surface area contributed by atoms with Crippen LogP contribution in [0.1, 0.15) is 44.1 Å². The molecule has 1 fully saturated rings. The van der Waals surface area contributed by atoms with E-state index in [-0.39, 0.29) is 5.91 Å². The Morgan fingerprint density at radius 1 is 1.15 bits per heavy atom. The highest BCUT2D eigenvalue weighted by Crippen LogP contribution is 2.31. The molecule has 0 aromatic heterocycles. The molecule has 0 radical (unpaired) electrons. The van der Waals surface area contributed by atoms with Gasteiger partial charge in [-0.25, -0.2) is 5.43 Å². The zero-order chi connectivity index (χ0) is 19.2. The van der Waals surface area contributed by atoms with Crippen molar-refractivity contribution in [2.24, 2.45) is 5.10 Å². The molecule has 0 spiro atoms. The van der Waals surface area contributed by atoms with Crippen molar-refractivity contribution < 1.29 is 9.53 Å². The topological polar surface area (TPSA) is 50.7 Å². The molecule has 6 heteroatoms. The number of nitrogens with zero attached hydrogens (tertiary/aromatic N) is 1. The minimum absolute atomic E-state index is 0.307. The highest BCUT2D eigenvalue weighted by molar-refractivity contribution is 6.35. The highest BCUT2D eigenvalue weighted by atomic mass is 35.5. The molecule has 1 atom stereocenters. The van der Waals surface area contributed by atoms with Crippen LogP contribution in [0.4, 0.5) is 0 Å². The predicted octanol–water partition coefficient (Wildman–Crippen LogP) is 5.59. The average molecular weight is 405 g/mol. The van der Waals surface area contributed by atoms with E-state index in [0.717, 1.165) is 31.4 Å². The summed E-state index contributed by atoms with van der Waals surface area (Å²) < 4.78 is 5.60. The summed E-state index contributed by atoms with van der Waals surface area (Å²) in [4.78, 5) is 12.2. The first-order chi connectivity index (χ1) is 13.0. The lowest BCUT2D eigenvalue weighted by Gasteiger charge is -2.23. The lowest BCUT2D eigenvalue weighted by Crippen LogP contribution is -2.34. The summed E-state index contributed by atoms with van der Waals surface area (Å²) in [6.45, 7) is 1.66. The van der Waals surface area contributed by atoms with Crippen LogP contribution in [0.25, 0.3) is 0 Å². The van der Waals surface area contributed by atoms with E-state index >= 15 is 0 Å². The number of hydrazone groups is 1. The maximum absolute atomic E-state index is 12.2. The number of amides is 1. The fraction of sp³-hybridized carbons (Fsp3) is 0.333. The maximum atomic E-state index is 12.2. The monoisotopic (exact) mass is 404 g/mol. The van der Waals surface area contributed by atoms with Crippen molar-refractivity contribution in [3.8, 4) is 5.75 Å². The number of carbonyl (C=O) groups excluding carboxylic acids is 1. The van der Waals surface area contributed by atoms with Crippen LogP contribution in [0.3, 0.4) is 0 Å². The summed E-state index contributed by atoms with van der Waals surface area (Å²) in [6.07, 6.45) is 3.15. The van der Waals surface area contributed by atoms with Crippen LogP contribution in [-0.2, 0) is 4.79 Å². The van der Waals surface area contributed by atoms with Gasteiger partial charge in [-0.15, -0.1) is 0 Å². The van der Waals surface area contributed by atoms with Gasteiger partial charge in [0.25, 0.3) is 5.91 Å². The molecule has 4 nitrogen and oxygen atoms in total. The Labute approximate surface area is 169 Å². The van der Waals surface area contributed by atoms with Gasteiger partial charge in [0.1, 0.15) is 5.75 Å². The Bertz CT molecular complexity index is 814. The zero-order valence-corrected chi connectivity index (χ0v) is 16.6. The van der Waals surface area contributed by atoms with Crippen molar-refractivity contribution in [3.05, 3.63) is 64.1 Å². The minimum atomic E-state index is -0.714. The Kier molecular flexibility index (Phi) is 6.75. The van der Waals surface area contributed by atoms with Gasteiger partial charge in [-0.05, 0) is 62.3 Å². The normalized spacial score (nSPS) is 17.9. The van der Waals surface area contributed by atoms with Gasteiger partial charge in [-0.1, -0.05) is 53.5 Å². The van der Waals surface area contributed by atoms with Crippen LogP contribution < -0.4 is 10.2 Å². The molecule has 0 aliphatic heterocycles. The summed E-state index contributed by atoms with van der Waals surface area (Å²) in [6, 6.07) is 15.4. The Morgan fingerprint density at radius 2 is 1.85 bits per heavy atom. The number of carbonyl (C=O) groups is 1. The first-order valence-corrected chi connectivity index (χ1v) is 9.80. The number of nitrogens with one attached hydrogen (secondary N) is 1. The van der Waals surface area contributed by atoms with E-state index in [1.165, 1.54) is 5.56 Å². The second-order valence-electron chi connectivity index (χ2n) is 6.67. The van der Waals surface area contributed by atoms with Crippen LogP contribution in [0, 0.1) is 0 Å². The molecule has 142 valence electrons. The molecule has 0 bridgehead atoms. The van der Waals surface area contributed by atoms with Crippen molar-refractivity contribution in [2.75, 3.05) is 0 Å². The number of benzene rings is 2. The second kappa shape index (κ2) is 9.25. The van der Waals surface area contributed by atoms with Gasteiger partial charge in [-0.2, -0.15) is 5.10 Å². The maximum Gasteiger partial charge on any atom is 0.280 e. The number of hydrogen-bond donors (Lipinski definition) is 1. The van der Waals surface area contributed by atoms with E-state index in [1.807, 2.05) is 6.07 Å². The van der Waals surface area contributed by atoms with Gasteiger partial charge in [0.2, 0.25) is 0 Å². The molecular weight excluding hydrogens is 383 g/mol. The van der Waals surface area contributed by atoms with Gasteiger partial charge in [-0.3, -0.25) is 4.79 Å². The van der Waals surface area contributed by atoms with Crippen molar-refractivity contribution in [1.29, 1.82) is 0 Å². The first kappa shape index (κ1) is 19.7. The summed E-state index contributed by atoms with van der Waals surface area (Å²) in [5.74, 6) is 0.675. The third-order valence-electron chi connectivity index (χ3n) is 4.72. The van der Waals surface area contributed by atoms with Crippen LogP contribution in [-0.4, -0.2) is 17.7 Å². The summed E-state index contributed by atoms with van der Waals surface area (Å²) in [5.41, 5.74) is 5.01. The Hall–Kier alpha value is -2.04. The van der Waals surface area contributed by atoms with Crippen molar-refractivity contribution in [1.82, 2.24) is 5.43 Å². The molecule has 1 N–H and O–H groups in total. The zero-order valence-electron chi connectivity index (χ0n) is 15.1. The van der Waals surface area contributed by atoms with E-state index in [0.29, 0.717) is 21.7 Å². The fourth-order valence-electron chi connectivity index (χ4n) is 3.16. The lowest BCUT2D eigenvalue weighted by atomic mass is 9.83. The summed E-state index contributed by atoms with van der Waals surface area (Å²) >= 11 is 11.9. The van der Waals surface area contributed by atoms with Crippen molar-refractivity contribution in [3.63, 3.8) is 0 Å². The van der Waals surface area contributed by atoms with Crippen molar-refractivity contribution in [2.45, 2.75) is 44.6 Å². The van der Waals surface area contributed by atoms with E-state index < -0.39 is 6.10 Å². The largest absolute Gasteiger partial charge is 0.479 e. The third kappa shape index (κ3) is 5.47. The average Bonchev–Trinajstić information content (AvgIpc) is 2.69. The van der Waals surface area contributed by atoms with Crippen molar-refractivity contribution >= 4 is 34.8 Å². The van der Waals surface area contributed by atoms with Gasteiger partial charge >= 0.3 is 0 Å². The fourth-order valence-corrected chi connectivity index (χ4v) is 3.61. The Balaban J connectivity index is 1.49. The number of ether oxygens (including phenoxy) is 1. The van der Waals surface area contributed by atoms with E-state index in [4.69, 9.17) is 27.9 Å². The molecule has 1 saturated carbocycles. The molecule has 1 aliphatic rings. The van der Waals surface area contributed by atoms with E-state index in [9.17, 15) is 4.79 Å². The molecular formula is C21H22Cl2N2O2. The van der Waals surface area contributed by atoms with Crippen LogP contribution in [0.15, 0.2) is 53.6 Å². The van der Waals surface area contributed by atoms with Crippen LogP contribution in [0.5, 0.6) is 5.75 Å². The molecule has 2 aromatic rings. The molecule has 2 aromatic carbocycles. The molecule has 27 heavy (non-hydrogen) atoms. The third-order valence-corrected chi connectivity index (χ3v) is 5.26. The Morgan fingerprint density at radius 3 is 2.52 bits per heavy atom. The first-order valence-electron chi connectivity index (χ1n) is 9.05. The standard InChI is InChI=1S/C21H22Cl2N2O2/c1-14(27-20-12-9-17(22)13-19(20)23)21(26)25-24-18-10-7-16(8-11-18)15-5-3-2-4-6-15/h2-6,9,12-14,16H,7-8,10-11H2,1H3,(H,25,26). The quantitative estimate of drug-likeness (QED) is 0.660. The highest BCUT2D eigenvalue weighted by Gasteiger charge is 2.20. The minimum Gasteiger partial charge on any atom is -0.479 e. The number of halogens is 2. The predicted molar refractivity (Wildman–Crippen MR) is 110 cm³/mol. The van der Waals surface area contributed by atoms with E-state index in [2.05, 4.69) is 34.8 Å². The summed E-state index contributed by atoms with van der Waals surface area (Å²) in [7, 11) is 0. The van der Waals surface area contributed by atoms with Gasteiger partial charge < -0.3 is 4.74 Å². The molecule has 0 saturated heterocycles. The number of rotatable bonds is 5. The van der Waals surface area contributed by atoms with Gasteiger partial charge in [0.05, 0.1) is 5.02 Å². The van der Waals surface area contributed by atoms with Gasteiger partial charge in [0.15, 0.2) is 6.10 Å². The van der Waals surface area contributed by atoms with Gasteiger partial charge in [0, 0.05) is 10.7 Å².